The number of phenols is 1. The van der Waals surface area contributed by atoms with Gasteiger partial charge in [0.25, 0.3) is 56.5 Å². The van der Waals surface area contributed by atoms with Gasteiger partial charge in [-0.05, 0) is 70.9 Å². The Morgan fingerprint density at radius 2 is 1.09 bits per heavy atom. The Kier molecular flexibility index (Phi) is 12.9. The van der Waals surface area contributed by atoms with Gasteiger partial charge >= 0.3 is 0 Å². The number of nitrogen functional groups attached to an aromatic ring is 1. The zero-order valence-electron chi connectivity index (χ0n) is 28.4. The molecule has 0 fully saturated rings. The number of sulfone groups is 1. The number of hydrogen-bond donors (Lipinski definition) is 8. The van der Waals surface area contributed by atoms with Crippen LogP contribution in [-0.4, -0.2) is 95.9 Å². The molecule has 28 heteroatoms. The molecule has 0 aliphatic heterocycles. The maximum absolute atomic E-state index is 12.8. The SMILES string of the molecule is Nc1cc2c(S(=O)(=O)O)cc(S(=O)(=O)O)cc2cc1S(=O)(=O)O.O=C(Nc1cc(S(=O)(=O)O)cc2cc(S(=O)(=O)O)cc(O)c12)c1ccc(CS(=O)(=O)CCCl)cc1. The Hall–Kier alpha value is -4.52. The van der Waals surface area contributed by atoms with Crippen LogP contribution in [0.2, 0.25) is 0 Å². The van der Waals surface area contributed by atoms with Crippen LogP contribution in [0.25, 0.3) is 21.5 Å². The molecule has 5 aromatic carbocycles. The van der Waals surface area contributed by atoms with Gasteiger partial charge in [0.05, 0.1) is 37.6 Å². The Labute approximate surface area is 334 Å². The summed E-state index contributed by atoms with van der Waals surface area (Å²) in [7, 11) is -27.6. The minimum Gasteiger partial charge on any atom is -0.507 e. The fourth-order valence-corrected chi connectivity index (χ4v) is 10.0. The van der Waals surface area contributed by atoms with Crippen LogP contribution < -0.4 is 11.1 Å². The number of aromatic hydroxyl groups is 1. The van der Waals surface area contributed by atoms with Crippen molar-refractivity contribution in [1.82, 2.24) is 0 Å². The van der Waals surface area contributed by atoms with E-state index in [1.54, 1.807) is 0 Å². The second kappa shape index (κ2) is 16.3. The van der Waals surface area contributed by atoms with Crippen molar-refractivity contribution in [2.24, 2.45) is 0 Å². The van der Waals surface area contributed by atoms with Crippen molar-refractivity contribution < 1.29 is 83.2 Å². The second-order valence-electron chi connectivity index (χ2n) is 11.9. The van der Waals surface area contributed by atoms with Crippen molar-refractivity contribution >= 4 is 111 Å². The van der Waals surface area contributed by atoms with Gasteiger partial charge in [0.15, 0.2) is 9.84 Å². The zero-order valence-corrected chi connectivity index (χ0v) is 34.1. The summed E-state index contributed by atoms with van der Waals surface area (Å²) in [5.41, 5.74) is 5.07. The number of anilines is 2. The summed E-state index contributed by atoms with van der Waals surface area (Å²) < 4.78 is 184. The predicted octanol–water partition coefficient (Wildman–Crippen LogP) is 2.61. The van der Waals surface area contributed by atoms with Crippen molar-refractivity contribution in [2.75, 3.05) is 22.7 Å². The van der Waals surface area contributed by atoms with Gasteiger partial charge in [-0.25, -0.2) is 8.42 Å². The first kappa shape index (κ1) is 46.2. The lowest BCUT2D eigenvalue weighted by Crippen LogP contribution is -2.14. The van der Waals surface area contributed by atoms with Gasteiger partial charge < -0.3 is 16.2 Å². The number of alkyl halides is 1. The summed E-state index contributed by atoms with van der Waals surface area (Å²) in [6.07, 6.45) is 0. The summed E-state index contributed by atoms with van der Waals surface area (Å²) in [4.78, 5) is 8.72. The van der Waals surface area contributed by atoms with Crippen LogP contribution in [0.4, 0.5) is 11.4 Å². The average Bonchev–Trinajstić information content (AvgIpc) is 3.05. The monoisotopic (exact) mass is 946 g/mol. The van der Waals surface area contributed by atoms with Crippen molar-refractivity contribution in [3.05, 3.63) is 83.9 Å². The third-order valence-electron chi connectivity index (χ3n) is 7.68. The van der Waals surface area contributed by atoms with Crippen LogP contribution in [0.15, 0.2) is 97.3 Å². The highest BCUT2D eigenvalue weighted by atomic mass is 35.5. The van der Waals surface area contributed by atoms with Gasteiger partial charge in [-0.3, -0.25) is 27.6 Å². The lowest BCUT2D eigenvalue weighted by molar-refractivity contribution is 0.102. The van der Waals surface area contributed by atoms with Crippen LogP contribution >= 0.6 is 11.6 Å². The molecule has 0 heterocycles. The molecule has 5 rings (SSSR count). The van der Waals surface area contributed by atoms with Crippen LogP contribution in [0, 0.1) is 0 Å². The third-order valence-corrected chi connectivity index (χ3v) is 14.0. The van der Waals surface area contributed by atoms with Crippen molar-refractivity contribution in [1.29, 1.82) is 0 Å². The minimum absolute atomic E-state index is 0.0444. The van der Waals surface area contributed by atoms with E-state index in [0.717, 1.165) is 30.3 Å². The fourth-order valence-electron chi connectivity index (χ4n) is 5.16. The number of rotatable bonds is 11. The Bertz CT molecular complexity index is 3190. The van der Waals surface area contributed by atoms with E-state index in [1.807, 2.05) is 0 Å². The van der Waals surface area contributed by atoms with Gasteiger partial charge in [0.1, 0.15) is 15.5 Å². The standard InChI is InChI=1S/C20H18ClNO10S3.C10H9NO9S3/c21-5-6-33(25,26)11-12-1-3-13(4-2-12)20(24)22-17-9-15(34(27,28)29)7-14-8-16(35(30,31)32)10-18(23)19(14)17;11-8-4-7-5(2-10(8)23(18,19)20)1-6(21(12,13)14)3-9(7)22(15,16)17/h1-4,7-10,23H,5-6,11H2,(H,22,24)(H,27,28,29)(H,30,31,32);1-4H,11H2,(H,12,13,14)(H,15,16,17)(H,18,19,20). The molecule has 0 saturated carbocycles. The first-order valence-corrected chi connectivity index (χ1v) is 24.6. The van der Waals surface area contributed by atoms with Gasteiger partial charge in [0, 0.05) is 28.3 Å². The zero-order chi connectivity index (χ0) is 44.0. The Morgan fingerprint density at radius 1 is 0.603 bits per heavy atom. The van der Waals surface area contributed by atoms with Crippen molar-refractivity contribution in [3.8, 4) is 5.75 Å². The highest BCUT2D eigenvalue weighted by molar-refractivity contribution is 7.90. The predicted molar refractivity (Wildman–Crippen MR) is 206 cm³/mol. The molecule has 9 N–H and O–H groups in total. The molecule has 0 unspecified atom stereocenters. The summed E-state index contributed by atoms with van der Waals surface area (Å²) >= 11 is 5.47. The molecule has 0 bridgehead atoms. The van der Waals surface area contributed by atoms with E-state index in [-0.39, 0.29) is 50.2 Å². The van der Waals surface area contributed by atoms with E-state index >= 15 is 0 Å². The van der Waals surface area contributed by atoms with E-state index in [0.29, 0.717) is 23.8 Å². The van der Waals surface area contributed by atoms with Crippen LogP contribution in [0.3, 0.4) is 0 Å². The lowest BCUT2D eigenvalue weighted by atomic mass is 10.1. The molecule has 0 aliphatic carbocycles. The van der Waals surface area contributed by atoms with Crippen LogP contribution in [0.1, 0.15) is 15.9 Å². The number of hydrogen-bond acceptors (Lipinski definition) is 15. The first-order chi connectivity index (χ1) is 26.3. The van der Waals surface area contributed by atoms with Crippen LogP contribution in [-0.2, 0) is 66.2 Å². The van der Waals surface area contributed by atoms with E-state index in [4.69, 9.17) is 26.4 Å². The van der Waals surface area contributed by atoms with Gasteiger partial charge in [0.2, 0.25) is 0 Å². The molecular weight excluding hydrogens is 920 g/mol. The number of halogens is 1. The number of nitrogens with two attached hydrogens (primary N) is 1. The topological polar surface area (TPSA) is 381 Å². The quantitative estimate of drug-likeness (QED) is 0.0536. The maximum Gasteiger partial charge on any atom is 0.296 e. The molecular formula is C30H27ClN2O19S6. The fraction of sp³-hybridized carbons (Fsp3) is 0.100. The van der Waals surface area contributed by atoms with Gasteiger partial charge in [-0.1, -0.05) is 12.1 Å². The number of phenolic OH excluding ortho intramolecular Hbond substituents is 1. The van der Waals surface area contributed by atoms with E-state index in [2.05, 4.69) is 5.32 Å². The third kappa shape index (κ3) is 11.1. The van der Waals surface area contributed by atoms with Crippen molar-refractivity contribution in [3.63, 3.8) is 0 Å². The molecule has 21 nitrogen and oxygen atoms in total. The average molecular weight is 947 g/mol. The number of carbonyl (C=O) groups excluding carboxylic acids is 1. The molecule has 0 aliphatic rings. The molecule has 5 aromatic rings. The summed E-state index contributed by atoms with van der Waals surface area (Å²) in [6.45, 7) is 0. The van der Waals surface area contributed by atoms with Gasteiger partial charge in [-0.15, -0.1) is 11.6 Å². The molecule has 58 heavy (non-hydrogen) atoms. The molecule has 0 radical (unpaired) electrons. The molecule has 0 saturated heterocycles. The summed E-state index contributed by atoms with van der Waals surface area (Å²) in [5.74, 6) is -2.04. The van der Waals surface area contributed by atoms with E-state index in [9.17, 15) is 74.1 Å². The number of nitrogens with one attached hydrogen (secondary N) is 1. The summed E-state index contributed by atoms with van der Waals surface area (Å²) in [5, 5.41) is 11.7. The Morgan fingerprint density at radius 3 is 1.57 bits per heavy atom. The highest BCUT2D eigenvalue weighted by Gasteiger charge is 2.24. The first-order valence-electron chi connectivity index (χ1n) is 15.0. The largest absolute Gasteiger partial charge is 0.507 e. The number of carbonyl (C=O) groups is 1. The normalized spacial score (nSPS) is 12.9. The number of benzene rings is 5. The highest BCUT2D eigenvalue weighted by Crippen LogP contribution is 2.37. The molecule has 0 aromatic heterocycles. The molecule has 0 atom stereocenters. The molecule has 0 spiro atoms. The van der Waals surface area contributed by atoms with E-state index in [1.165, 1.54) is 24.3 Å². The second-order valence-corrected chi connectivity index (χ2v) is 21.5. The number of amides is 1. The number of fused-ring (bicyclic) bond motifs is 2. The smallest absolute Gasteiger partial charge is 0.296 e. The summed E-state index contributed by atoms with van der Waals surface area (Å²) in [6, 6.07) is 11.5. The van der Waals surface area contributed by atoms with Crippen molar-refractivity contribution in [2.45, 2.75) is 30.2 Å². The van der Waals surface area contributed by atoms with Gasteiger partial charge in [-0.2, -0.15) is 42.1 Å². The van der Waals surface area contributed by atoms with E-state index < -0.39 is 102 Å². The maximum atomic E-state index is 12.8. The molecule has 314 valence electrons. The molecule has 1 amide bonds. The Balaban J connectivity index is 0.000000280. The van der Waals surface area contributed by atoms with Crippen LogP contribution in [0.5, 0.6) is 5.75 Å². The lowest BCUT2D eigenvalue weighted by Gasteiger charge is -2.13. The minimum atomic E-state index is -4.92.